The van der Waals surface area contributed by atoms with E-state index in [1.54, 1.807) is 12.1 Å². The molecule has 5 nitrogen and oxygen atoms in total. The maximum atomic E-state index is 11.2. The molecule has 0 saturated carbocycles. The number of nitriles is 1. The molecule has 1 aromatic rings. The zero-order valence-electron chi connectivity index (χ0n) is 11.2. The van der Waals surface area contributed by atoms with Crippen molar-refractivity contribution in [1.82, 2.24) is 0 Å². The Morgan fingerprint density at radius 1 is 1.37 bits per heavy atom. The molecule has 2 atom stereocenters. The smallest absolute Gasteiger partial charge is 0.293 e. The van der Waals surface area contributed by atoms with Crippen LogP contribution in [0.25, 0.3) is 0 Å². The number of anilines is 1. The van der Waals surface area contributed by atoms with Gasteiger partial charge < -0.3 is 4.90 Å². The highest BCUT2D eigenvalue weighted by molar-refractivity contribution is 5.65. The lowest BCUT2D eigenvalue weighted by molar-refractivity contribution is -0.384. The van der Waals surface area contributed by atoms with Crippen LogP contribution in [0.4, 0.5) is 11.4 Å². The normalized spacial score (nSPS) is 22.9. The van der Waals surface area contributed by atoms with E-state index in [1.807, 2.05) is 6.07 Å². The van der Waals surface area contributed by atoms with Crippen LogP contribution in [0.3, 0.4) is 0 Å². The molecule has 1 aliphatic heterocycles. The fourth-order valence-electron chi connectivity index (χ4n) is 2.87. The number of nitrogens with zero attached hydrogens (tertiary/aromatic N) is 3. The molecule has 0 spiro atoms. The van der Waals surface area contributed by atoms with E-state index in [2.05, 4.69) is 18.7 Å². The Kier molecular flexibility index (Phi) is 3.70. The Morgan fingerprint density at radius 3 is 2.53 bits per heavy atom. The van der Waals surface area contributed by atoms with Gasteiger partial charge in [0.05, 0.1) is 16.6 Å². The Hall–Kier alpha value is -2.09. The second-order valence-corrected chi connectivity index (χ2v) is 5.42. The summed E-state index contributed by atoms with van der Waals surface area (Å²) in [5.41, 5.74) is 0.983. The monoisotopic (exact) mass is 259 g/mol. The van der Waals surface area contributed by atoms with Crippen LogP contribution in [0.5, 0.6) is 0 Å². The minimum absolute atomic E-state index is 0.0281. The standard InChI is InChI=1S/C14H17N3O2/c1-10-5-11(2)9-16(8-10)13-4-3-12(7-15)6-14(13)17(18)19/h3-4,6,10-11H,5,8-9H2,1-2H3/t10-,11+. The van der Waals surface area contributed by atoms with Gasteiger partial charge >= 0.3 is 0 Å². The molecule has 0 unspecified atom stereocenters. The summed E-state index contributed by atoms with van der Waals surface area (Å²) < 4.78 is 0. The summed E-state index contributed by atoms with van der Waals surface area (Å²) >= 11 is 0. The summed E-state index contributed by atoms with van der Waals surface area (Å²) in [6.45, 7) is 5.99. The first kappa shape index (κ1) is 13.3. The highest BCUT2D eigenvalue weighted by Crippen LogP contribution is 2.33. The Labute approximate surface area is 112 Å². The predicted molar refractivity (Wildman–Crippen MR) is 73.0 cm³/mol. The van der Waals surface area contributed by atoms with Crippen molar-refractivity contribution in [3.05, 3.63) is 33.9 Å². The van der Waals surface area contributed by atoms with Gasteiger partial charge in [0.15, 0.2) is 0 Å². The zero-order chi connectivity index (χ0) is 14.0. The van der Waals surface area contributed by atoms with Crippen molar-refractivity contribution < 1.29 is 4.92 Å². The van der Waals surface area contributed by atoms with Crippen molar-refractivity contribution in [1.29, 1.82) is 5.26 Å². The van der Waals surface area contributed by atoms with Crippen LogP contribution in [0, 0.1) is 33.3 Å². The van der Waals surface area contributed by atoms with Gasteiger partial charge in [-0.3, -0.25) is 10.1 Å². The number of hydrogen-bond acceptors (Lipinski definition) is 4. The van der Waals surface area contributed by atoms with Gasteiger partial charge in [-0.2, -0.15) is 5.26 Å². The maximum Gasteiger partial charge on any atom is 0.293 e. The second-order valence-electron chi connectivity index (χ2n) is 5.42. The highest BCUT2D eigenvalue weighted by Gasteiger charge is 2.27. The third-order valence-corrected chi connectivity index (χ3v) is 3.51. The zero-order valence-corrected chi connectivity index (χ0v) is 11.2. The van der Waals surface area contributed by atoms with Crippen LogP contribution in [-0.4, -0.2) is 18.0 Å². The number of piperidine rings is 1. The molecule has 100 valence electrons. The van der Waals surface area contributed by atoms with Crippen molar-refractivity contribution in [3.8, 4) is 6.07 Å². The second kappa shape index (κ2) is 5.27. The van der Waals surface area contributed by atoms with E-state index in [1.165, 1.54) is 6.07 Å². The number of hydrogen-bond donors (Lipinski definition) is 0. The Bertz CT molecular complexity index is 526. The van der Waals surface area contributed by atoms with E-state index in [9.17, 15) is 10.1 Å². The van der Waals surface area contributed by atoms with Crippen molar-refractivity contribution in [2.24, 2.45) is 11.8 Å². The molecule has 0 N–H and O–H groups in total. The Morgan fingerprint density at radius 2 is 2.00 bits per heavy atom. The molecule has 1 heterocycles. The van der Waals surface area contributed by atoms with Crippen LogP contribution in [0.2, 0.25) is 0 Å². The van der Waals surface area contributed by atoms with E-state index in [0.29, 0.717) is 23.1 Å². The lowest BCUT2D eigenvalue weighted by Gasteiger charge is -2.36. The molecular formula is C14H17N3O2. The first-order valence-electron chi connectivity index (χ1n) is 6.44. The molecule has 1 aliphatic rings. The van der Waals surface area contributed by atoms with Gasteiger partial charge in [-0.1, -0.05) is 13.8 Å². The van der Waals surface area contributed by atoms with Crippen LogP contribution in [0.1, 0.15) is 25.8 Å². The van der Waals surface area contributed by atoms with Crippen molar-refractivity contribution >= 4 is 11.4 Å². The number of nitro groups is 1. The highest BCUT2D eigenvalue weighted by atomic mass is 16.6. The van der Waals surface area contributed by atoms with Gasteiger partial charge in [0.1, 0.15) is 5.69 Å². The van der Waals surface area contributed by atoms with Crippen LogP contribution >= 0.6 is 0 Å². The van der Waals surface area contributed by atoms with Crippen LogP contribution in [0.15, 0.2) is 18.2 Å². The van der Waals surface area contributed by atoms with Gasteiger partial charge in [0, 0.05) is 19.2 Å². The lowest BCUT2D eigenvalue weighted by Crippen LogP contribution is -2.39. The quantitative estimate of drug-likeness (QED) is 0.604. The summed E-state index contributed by atoms with van der Waals surface area (Å²) in [5, 5.41) is 20.0. The van der Waals surface area contributed by atoms with Gasteiger partial charge in [-0.15, -0.1) is 0 Å². The van der Waals surface area contributed by atoms with E-state index < -0.39 is 4.92 Å². The molecule has 0 radical (unpaired) electrons. The number of rotatable bonds is 2. The molecule has 0 aliphatic carbocycles. The lowest BCUT2D eigenvalue weighted by atomic mass is 9.91. The first-order valence-corrected chi connectivity index (χ1v) is 6.44. The van der Waals surface area contributed by atoms with E-state index in [-0.39, 0.29) is 5.69 Å². The van der Waals surface area contributed by atoms with Crippen LogP contribution < -0.4 is 4.90 Å². The molecule has 1 aromatic carbocycles. The predicted octanol–water partition coefficient (Wildman–Crippen LogP) is 2.95. The Balaban J connectivity index is 2.38. The molecule has 1 saturated heterocycles. The SMILES string of the molecule is C[C@@H]1C[C@H](C)CN(c2ccc(C#N)cc2[N+](=O)[O-])C1. The summed E-state index contributed by atoms with van der Waals surface area (Å²) in [6.07, 6.45) is 1.15. The molecular weight excluding hydrogens is 242 g/mol. The average molecular weight is 259 g/mol. The van der Waals surface area contributed by atoms with Crippen molar-refractivity contribution in [2.45, 2.75) is 20.3 Å². The molecule has 0 amide bonds. The van der Waals surface area contributed by atoms with Gasteiger partial charge in [-0.25, -0.2) is 0 Å². The van der Waals surface area contributed by atoms with Gasteiger partial charge in [-0.05, 0) is 30.4 Å². The van der Waals surface area contributed by atoms with Gasteiger partial charge in [0.25, 0.3) is 5.69 Å². The molecule has 2 rings (SSSR count). The fraction of sp³-hybridized carbons (Fsp3) is 0.500. The topological polar surface area (TPSA) is 70.2 Å². The maximum absolute atomic E-state index is 11.2. The fourth-order valence-corrected chi connectivity index (χ4v) is 2.87. The van der Waals surface area contributed by atoms with E-state index in [0.717, 1.165) is 19.5 Å². The molecule has 5 heteroatoms. The van der Waals surface area contributed by atoms with Crippen molar-refractivity contribution in [3.63, 3.8) is 0 Å². The molecule has 0 aromatic heterocycles. The minimum atomic E-state index is -0.403. The molecule has 1 fully saturated rings. The minimum Gasteiger partial charge on any atom is -0.365 e. The van der Waals surface area contributed by atoms with Crippen LogP contribution in [-0.2, 0) is 0 Å². The number of benzene rings is 1. The summed E-state index contributed by atoms with van der Waals surface area (Å²) in [5.74, 6) is 1.05. The largest absolute Gasteiger partial charge is 0.365 e. The average Bonchev–Trinajstić information content (AvgIpc) is 2.36. The third-order valence-electron chi connectivity index (χ3n) is 3.51. The van der Waals surface area contributed by atoms with E-state index in [4.69, 9.17) is 5.26 Å². The summed E-state index contributed by atoms with van der Waals surface area (Å²) in [6, 6.07) is 6.65. The summed E-state index contributed by atoms with van der Waals surface area (Å²) in [4.78, 5) is 12.8. The first-order chi connectivity index (χ1) is 9.01. The summed E-state index contributed by atoms with van der Waals surface area (Å²) in [7, 11) is 0. The molecule has 19 heavy (non-hydrogen) atoms. The number of nitro benzene ring substituents is 1. The van der Waals surface area contributed by atoms with Crippen molar-refractivity contribution in [2.75, 3.05) is 18.0 Å². The van der Waals surface area contributed by atoms with E-state index >= 15 is 0 Å². The van der Waals surface area contributed by atoms with Gasteiger partial charge in [0.2, 0.25) is 0 Å². The molecule has 0 bridgehead atoms. The third kappa shape index (κ3) is 2.84.